The largest absolute Gasteiger partial charge is 2.00 e. The molecule has 0 aliphatic carbocycles. The van der Waals surface area contributed by atoms with Crippen LogP contribution in [0.5, 0.6) is 0 Å². The first-order valence-corrected chi connectivity index (χ1v) is 11.2. The predicted octanol–water partition coefficient (Wildman–Crippen LogP) is 6.28. The molecule has 0 bridgehead atoms. The van der Waals surface area contributed by atoms with E-state index in [1.54, 1.807) is 12.1 Å². The second-order valence-corrected chi connectivity index (χ2v) is 9.45. The molecule has 0 radical (unpaired) electrons. The average molecular weight is 455 g/mol. The third-order valence-electron chi connectivity index (χ3n) is 4.77. The summed E-state index contributed by atoms with van der Waals surface area (Å²) in [6.07, 6.45) is 0. The van der Waals surface area contributed by atoms with Crippen molar-refractivity contribution in [3.05, 3.63) is 126 Å². The Labute approximate surface area is 207 Å². The number of rotatable bonds is 6. The van der Waals surface area contributed by atoms with Gasteiger partial charge in [-0.05, 0) is 64.9 Å². The zero-order chi connectivity index (χ0) is 21.7. The van der Waals surface area contributed by atoms with Crippen LogP contribution in [0.2, 0.25) is 0 Å². The van der Waals surface area contributed by atoms with Crippen molar-refractivity contribution >= 4 is 45.3 Å². The zero-order valence-electron chi connectivity index (χ0n) is 19.3. The number of carboxylic acid groups (broad SMARTS) is 1. The molecule has 0 spiro atoms. The number of carbonyl (C=O) groups excluding carboxylic acids is 1. The summed E-state index contributed by atoms with van der Waals surface area (Å²) in [6, 6.07) is 34.9. The van der Waals surface area contributed by atoms with E-state index in [4.69, 9.17) is 4.18 Å². The summed E-state index contributed by atoms with van der Waals surface area (Å²) in [5, 5.41) is 9.31. The molecule has 1 N–H and O–H groups in total. The molecule has 4 aromatic rings. The van der Waals surface area contributed by atoms with Gasteiger partial charge < -0.3 is 12.1 Å². The van der Waals surface area contributed by atoms with Gasteiger partial charge in [0.05, 0.1) is 11.1 Å². The van der Waals surface area contributed by atoms with Crippen molar-refractivity contribution in [3.63, 3.8) is 0 Å². The number of aromatic carboxylic acids is 1. The van der Waals surface area contributed by atoms with Crippen molar-refractivity contribution in [2.24, 2.45) is 0 Å². The first-order chi connectivity index (χ1) is 15.1. The standard InChI is InChI=1S/C26H20O4S.Mg.2H/c27-25(28)20-11-10-12-21(19-20)26(29)30-31(22-13-4-1-5-14-22,23-15-6-2-7-16-23)24-17-8-3-9-18-24;;;/h1-19H,(H,27,28);;;/q;+2;2*-1. The summed E-state index contributed by atoms with van der Waals surface area (Å²) in [7, 11) is -2.41. The van der Waals surface area contributed by atoms with Gasteiger partial charge >= 0.3 is 35.0 Å². The monoisotopic (exact) mass is 454 g/mol. The Morgan fingerprint density at radius 2 is 1.03 bits per heavy atom. The van der Waals surface area contributed by atoms with E-state index in [0.717, 1.165) is 14.7 Å². The van der Waals surface area contributed by atoms with Crippen LogP contribution in [-0.4, -0.2) is 40.1 Å². The predicted molar refractivity (Wildman–Crippen MR) is 129 cm³/mol. The van der Waals surface area contributed by atoms with E-state index < -0.39 is 22.2 Å². The van der Waals surface area contributed by atoms with Crippen molar-refractivity contribution in [3.8, 4) is 0 Å². The average Bonchev–Trinajstić information content (AvgIpc) is 2.84. The summed E-state index contributed by atoms with van der Waals surface area (Å²) in [5.74, 6) is -1.67. The molecular formula is C26H22MgO4S. The van der Waals surface area contributed by atoms with Crippen LogP contribution in [-0.2, 0) is 4.18 Å². The van der Waals surface area contributed by atoms with E-state index in [2.05, 4.69) is 0 Å². The molecule has 0 aromatic heterocycles. The number of hydrogen-bond acceptors (Lipinski definition) is 3. The maximum Gasteiger partial charge on any atom is 2.00 e. The molecule has 6 heteroatoms. The third kappa shape index (κ3) is 4.72. The molecule has 4 nitrogen and oxygen atoms in total. The van der Waals surface area contributed by atoms with Crippen LogP contribution in [0, 0.1) is 0 Å². The molecule has 0 amide bonds. The second-order valence-electron chi connectivity index (χ2n) is 6.75. The summed E-state index contributed by atoms with van der Waals surface area (Å²) in [5.41, 5.74) is 0.230. The summed E-state index contributed by atoms with van der Waals surface area (Å²) >= 11 is 0. The number of hydrogen-bond donors (Lipinski definition) is 1. The summed E-state index contributed by atoms with van der Waals surface area (Å²) < 4.78 is 6.37. The van der Waals surface area contributed by atoms with Crippen molar-refractivity contribution < 1.29 is 21.7 Å². The van der Waals surface area contributed by atoms with Gasteiger partial charge in [0.15, 0.2) is 0 Å². The number of benzene rings is 4. The van der Waals surface area contributed by atoms with E-state index in [-0.39, 0.29) is 37.0 Å². The Morgan fingerprint density at radius 1 is 0.625 bits per heavy atom. The fourth-order valence-corrected chi connectivity index (χ4v) is 6.38. The molecule has 0 aliphatic heterocycles. The van der Waals surface area contributed by atoms with Crippen molar-refractivity contribution in [2.75, 3.05) is 0 Å². The van der Waals surface area contributed by atoms with Gasteiger partial charge in [0.1, 0.15) is 0 Å². The first kappa shape index (κ1) is 23.6. The Bertz CT molecular complexity index is 1110. The van der Waals surface area contributed by atoms with Crippen LogP contribution in [0.25, 0.3) is 0 Å². The van der Waals surface area contributed by atoms with E-state index >= 15 is 0 Å². The van der Waals surface area contributed by atoms with Gasteiger partial charge in [-0.2, -0.15) is 0 Å². The maximum atomic E-state index is 13.4. The Balaban J connectivity index is 0.00000193. The molecule has 0 heterocycles. The van der Waals surface area contributed by atoms with Crippen LogP contribution < -0.4 is 0 Å². The van der Waals surface area contributed by atoms with Crippen LogP contribution in [0.1, 0.15) is 23.6 Å². The quantitative estimate of drug-likeness (QED) is 0.348. The Kier molecular flexibility index (Phi) is 7.74. The zero-order valence-corrected chi connectivity index (χ0v) is 19.5. The van der Waals surface area contributed by atoms with E-state index in [0.29, 0.717) is 0 Å². The summed E-state index contributed by atoms with van der Waals surface area (Å²) in [4.78, 5) is 27.4. The molecule has 0 aliphatic rings. The normalized spacial score (nSPS) is 11.1. The first-order valence-electron chi connectivity index (χ1n) is 9.67. The van der Waals surface area contributed by atoms with Crippen LogP contribution in [0.3, 0.4) is 0 Å². The molecule has 0 unspecified atom stereocenters. The van der Waals surface area contributed by atoms with Gasteiger partial charge in [-0.3, -0.25) is 0 Å². The summed E-state index contributed by atoms with van der Waals surface area (Å²) in [6.45, 7) is 0. The minimum Gasteiger partial charge on any atom is -1.00 e. The molecule has 4 rings (SSSR count). The minimum atomic E-state index is -2.41. The molecule has 0 fully saturated rings. The Hall–Kier alpha value is -3.06. The van der Waals surface area contributed by atoms with Crippen LogP contribution >= 0.6 is 10.3 Å². The van der Waals surface area contributed by atoms with Crippen LogP contribution in [0.4, 0.5) is 0 Å². The van der Waals surface area contributed by atoms with Gasteiger partial charge in [0.2, 0.25) is 0 Å². The Morgan fingerprint density at radius 3 is 1.44 bits per heavy atom. The SMILES string of the molecule is O=C(O)c1cccc(C(=O)OS(c2ccccc2)(c2ccccc2)c2ccccc2)c1.[H-].[H-].[Mg+2]. The van der Waals surface area contributed by atoms with Crippen molar-refractivity contribution in [2.45, 2.75) is 14.7 Å². The molecule has 4 aromatic carbocycles. The molecule has 0 saturated heterocycles. The smallest absolute Gasteiger partial charge is 1.00 e. The molecule has 32 heavy (non-hydrogen) atoms. The maximum absolute atomic E-state index is 13.4. The molecule has 158 valence electrons. The van der Waals surface area contributed by atoms with Gasteiger partial charge in [0.25, 0.3) is 0 Å². The molecule has 0 atom stereocenters. The van der Waals surface area contributed by atoms with Crippen molar-refractivity contribution in [1.82, 2.24) is 0 Å². The van der Waals surface area contributed by atoms with E-state index in [1.807, 2.05) is 91.0 Å². The second kappa shape index (κ2) is 10.5. The van der Waals surface area contributed by atoms with Crippen LogP contribution in [0.15, 0.2) is 130 Å². The minimum absolute atomic E-state index is 0. The van der Waals surface area contributed by atoms with Gasteiger partial charge in [-0.15, -0.1) is 0 Å². The third-order valence-corrected chi connectivity index (χ3v) is 7.98. The van der Waals surface area contributed by atoms with E-state index in [9.17, 15) is 14.7 Å². The molecule has 0 saturated carbocycles. The number of carbonyl (C=O) groups is 2. The molecular weight excluding hydrogens is 433 g/mol. The fraction of sp³-hybridized carbons (Fsp3) is 0. The number of carboxylic acids is 1. The van der Waals surface area contributed by atoms with Crippen molar-refractivity contribution in [1.29, 1.82) is 0 Å². The fourth-order valence-electron chi connectivity index (χ4n) is 3.33. The van der Waals surface area contributed by atoms with Gasteiger partial charge in [-0.25, -0.2) is 9.59 Å². The van der Waals surface area contributed by atoms with Gasteiger partial charge in [-0.1, -0.05) is 60.7 Å². The topological polar surface area (TPSA) is 63.6 Å². The van der Waals surface area contributed by atoms with E-state index in [1.165, 1.54) is 12.1 Å². The van der Waals surface area contributed by atoms with Gasteiger partial charge in [0, 0.05) is 14.7 Å².